The molecule has 2 aromatic heterocycles. The molecule has 0 fully saturated rings. The number of aryl methyl sites for hydroxylation is 1. The first kappa shape index (κ1) is 30.8. The molecule has 0 aliphatic rings. The molecule has 0 atom stereocenters. The Bertz CT molecular complexity index is 2860. The van der Waals surface area contributed by atoms with Gasteiger partial charge in [0, 0.05) is 34.1 Å². The lowest BCUT2D eigenvalue weighted by Gasteiger charge is -2.17. The standard InChI is InChI=1S/C50H33N3/c1-32-18-19-40(31-51-32)33-20-22-34(23-21-33)41-26-42(45-29-39-16-8-14-37-24-25-38-15-9-17-44(45)49(38)48(37)39)28-43(27-41)50-52-46(35-10-4-2-5-11-35)30-47(53-50)36-12-6-3-7-13-36/h2-31H,1H3. The molecule has 0 unspecified atom stereocenters. The summed E-state index contributed by atoms with van der Waals surface area (Å²) in [5.74, 6) is 0.688. The van der Waals surface area contributed by atoms with Gasteiger partial charge in [0.25, 0.3) is 0 Å². The molecule has 0 amide bonds. The van der Waals surface area contributed by atoms with Gasteiger partial charge in [-0.1, -0.05) is 140 Å². The predicted octanol–water partition coefficient (Wildman–Crippen LogP) is 13.1. The van der Waals surface area contributed by atoms with E-state index in [9.17, 15) is 0 Å². The van der Waals surface area contributed by atoms with Crippen LogP contribution in [-0.4, -0.2) is 15.0 Å². The molecule has 0 saturated heterocycles. The first-order valence-corrected chi connectivity index (χ1v) is 18.0. The summed E-state index contributed by atoms with van der Waals surface area (Å²) in [6.07, 6.45) is 1.94. The molecule has 3 heteroatoms. The molecule has 0 aliphatic carbocycles. The van der Waals surface area contributed by atoms with Gasteiger partial charge < -0.3 is 0 Å². The topological polar surface area (TPSA) is 38.7 Å². The molecule has 0 radical (unpaired) electrons. The fraction of sp³-hybridized carbons (Fsp3) is 0.0200. The van der Waals surface area contributed by atoms with Gasteiger partial charge in [0.15, 0.2) is 5.82 Å². The van der Waals surface area contributed by atoms with Crippen molar-refractivity contribution < 1.29 is 0 Å². The summed E-state index contributed by atoms with van der Waals surface area (Å²) in [5.41, 5.74) is 12.6. The fourth-order valence-electron chi connectivity index (χ4n) is 7.66. The molecule has 0 N–H and O–H groups in total. The van der Waals surface area contributed by atoms with E-state index in [0.717, 1.165) is 61.6 Å². The van der Waals surface area contributed by atoms with E-state index in [1.54, 1.807) is 0 Å². The Morgan fingerprint density at radius 1 is 0.358 bits per heavy atom. The Morgan fingerprint density at radius 2 is 0.925 bits per heavy atom. The van der Waals surface area contributed by atoms with Crippen molar-refractivity contribution in [1.29, 1.82) is 0 Å². The zero-order valence-corrected chi connectivity index (χ0v) is 29.2. The second kappa shape index (κ2) is 12.7. The van der Waals surface area contributed by atoms with Gasteiger partial charge in [-0.15, -0.1) is 0 Å². The van der Waals surface area contributed by atoms with Crippen molar-refractivity contribution in [3.05, 3.63) is 188 Å². The second-order valence-electron chi connectivity index (χ2n) is 13.7. The predicted molar refractivity (Wildman–Crippen MR) is 221 cm³/mol. The zero-order chi connectivity index (χ0) is 35.3. The first-order valence-electron chi connectivity index (χ1n) is 18.0. The highest BCUT2D eigenvalue weighted by molar-refractivity contribution is 6.26. The molecule has 0 bridgehead atoms. The van der Waals surface area contributed by atoms with E-state index in [4.69, 9.17) is 9.97 Å². The quantitative estimate of drug-likeness (QED) is 0.165. The minimum Gasteiger partial charge on any atom is -0.261 e. The van der Waals surface area contributed by atoms with Crippen LogP contribution in [0.5, 0.6) is 0 Å². The molecular weight excluding hydrogens is 643 g/mol. The Kier molecular flexibility index (Phi) is 7.36. The number of pyridine rings is 1. The highest BCUT2D eigenvalue weighted by atomic mass is 14.9. The summed E-state index contributed by atoms with van der Waals surface area (Å²) in [6.45, 7) is 2.01. The van der Waals surface area contributed by atoms with Gasteiger partial charge in [0.05, 0.1) is 11.4 Å². The van der Waals surface area contributed by atoms with Gasteiger partial charge in [-0.05, 0) is 103 Å². The first-order chi connectivity index (χ1) is 26.1. The van der Waals surface area contributed by atoms with E-state index in [2.05, 4.69) is 169 Å². The van der Waals surface area contributed by atoms with Gasteiger partial charge in [-0.25, -0.2) is 9.97 Å². The average molecular weight is 676 g/mol. The van der Waals surface area contributed by atoms with E-state index in [1.165, 1.54) is 37.9 Å². The summed E-state index contributed by atoms with van der Waals surface area (Å²) >= 11 is 0. The Balaban J connectivity index is 1.22. The molecule has 8 aromatic carbocycles. The Morgan fingerprint density at radius 3 is 1.58 bits per heavy atom. The largest absolute Gasteiger partial charge is 0.261 e. The van der Waals surface area contributed by atoms with Gasteiger partial charge in [-0.3, -0.25) is 4.98 Å². The number of hydrogen-bond donors (Lipinski definition) is 0. The molecule has 53 heavy (non-hydrogen) atoms. The minimum atomic E-state index is 0.688. The summed E-state index contributed by atoms with van der Waals surface area (Å²) in [7, 11) is 0. The summed E-state index contributed by atoms with van der Waals surface area (Å²) in [5, 5.41) is 7.59. The second-order valence-corrected chi connectivity index (χ2v) is 13.7. The monoisotopic (exact) mass is 675 g/mol. The third-order valence-corrected chi connectivity index (χ3v) is 10.3. The molecular formula is C50H33N3. The molecule has 248 valence electrons. The normalized spacial score (nSPS) is 11.5. The number of rotatable bonds is 6. The molecule has 10 rings (SSSR count). The van der Waals surface area contributed by atoms with Crippen LogP contribution in [0.3, 0.4) is 0 Å². The third-order valence-electron chi connectivity index (χ3n) is 10.3. The lowest BCUT2D eigenvalue weighted by molar-refractivity contribution is 1.18. The lowest BCUT2D eigenvalue weighted by Crippen LogP contribution is -1.97. The van der Waals surface area contributed by atoms with Crippen LogP contribution in [0.4, 0.5) is 0 Å². The summed E-state index contributed by atoms with van der Waals surface area (Å²) in [4.78, 5) is 15.0. The molecule has 10 aromatic rings. The van der Waals surface area contributed by atoms with Crippen molar-refractivity contribution in [1.82, 2.24) is 15.0 Å². The van der Waals surface area contributed by atoms with E-state index >= 15 is 0 Å². The Labute approximate surface area is 308 Å². The van der Waals surface area contributed by atoms with Crippen LogP contribution in [0.15, 0.2) is 182 Å². The maximum atomic E-state index is 5.25. The number of benzene rings is 8. The Hall–Kier alpha value is -6.97. The van der Waals surface area contributed by atoms with Crippen LogP contribution < -0.4 is 0 Å². The molecule has 0 spiro atoms. The SMILES string of the molecule is Cc1ccc(-c2ccc(-c3cc(-c4nc(-c5ccccc5)cc(-c5ccccc5)n4)cc(-c4cc5cccc6ccc7cccc4c7c65)c3)cc2)cn1. The lowest BCUT2D eigenvalue weighted by atomic mass is 9.87. The zero-order valence-electron chi connectivity index (χ0n) is 29.2. The van der Waals surface area contributed by atoms with Gasteiger partial charge in [-0.2, -0.15) is 0 Å². The highest BCUT2D eigenvalue weighted by Crippen LogP contribution is 2.42. The van der Waals surface area contributed by atoms with Crippen LogP contribution in [-0.2, 0) is 0 Å². The van der Waals surface area contributed by atoms with Crippen LogP contribution in [0.2, 0.25) is 0 Å². The fourth-order valence-corrected chi connectivity index (χ4v) is 7.66. The number of aromatic nitrogens is 3. The van der Waals surface area contributed by atoms with Crippen LogP contribution in [0, 0.1) is 6.92 Å². The van der Waals surface area contributed by atoms with E-state index in [1.807, 2.05) is 25.3 Å². The number of hydrogen-bond acceptors (Lipinski definition) is 3. The van der Waals surface area contributed by atoms with Crippen molar-refractivity contribution in [3.63, 3.8) is 0 Å². The van der Waals surface area contributed by atoms with Crippen molar-refractivity contribution in [2.45, 2.75) is 6.92 Å². The van der Waals surface area contributed by atoms with Crippen molar-refractivity contribution in [3.8, 4) is 67.3 Å². The van der Waals surface area contributed by atoms with Crippen molar-refractivity contribution in [2.24, 2.45) is 0 Å². The maximum absolute atomic E-state index is 5.25. The van der Waals surface area contributed by atoms with Gasteiger partial charge in [0.2, 0.25) is 0 Å². The third kappa shape index (κ3) is 5.60. The molecule has 0 aliphatic heterocycles. The average Bonchev–Trinajstić information content (AvgIpc) is 3.23. The highest BCUT2D eigenvalue weighted by Gasteiger charge is 2.17. The van der Waals surface area contributed by atoms with Crippen molar-refractivity contribution >= 4 is 32.3 Å². The van der Waals surface area contributed by atoms with E-state index < -0.39 is 0 Å². The van der Waals surface area contributed by atoms with E-state index in [0.29, 0.717) is 5.82 Å². The van der Waals surface area contributed by atoms with E-state index in [-0.39, 0.29) is 0 Å². The maximum Gasteiger partial charge on any atom is 0.160 e. The molecule has 3 nitrogen and oxygen atoms in total. The summed E-state index contributed by atoms with van der Waals surface area (Å²) < 4.78 is 0. The van der Waals surface area contributed by atoms with Crippen LogP contribution in [0.25, 0.3) is 99.6 Å². The van der Waals surface area contributed by atoms with Gasteiger partial charge >= 0.3 is 0 Å². The minimum absolute atomic E-state index is 0.688. The molecule has 0 saturated carbocycles. The molecule has 2 heterocycles. The van der Waals surface area contributed by atoms with Gasteiger partial charge in [0.1, 0.15) is 0 Å². The van der Waals surface area contributed by atoms with Crippen molar-refractivity contribution in [2.75, 3.05) is 0 Å². The smallest absolute Gasteiger partial charge is 0.160 e. The number of nitrogens with zero attached hydrogens (tertiary/aromatic N) is 3. The summed E-state index contributed by atoms with van der Waals surface area (Å²) in [6, 6.07) is 62.8. The van der Waals surface area contributed by atoms with Crippen LogP contribution in [0.1, 0.15) is 5.69 Å². The van der Waals surface area contributed by atoms with Crippen LogP contribution >= 0.6 is 0 Å².